The van der Waals surface area contributed by atoms with Gasteiger partial charge in [-0.25, -0.2) is 4.39 Å². The molecule has 2 heterocycles. The summed E-state index contributed by atoms with van der Waals surface area (Å²) in [6.45, 7) is 5.87. The number of benzene rings is 2. The Bertz CT molecular complexity index is 1070. The van der Waals surface area contributed by atoms with E-state index in [1.54, 1.807) is 12.1 Å². The average molecular weight is 488 g/mol. The quantitative estimate of drug-likeness (QED) is 0.447. The monoisotopic (exact) mass is 487 g/mol. The van der Waals surface area contributed by atoms with Crippen LogP contribution in [-0.2, 0) is 24.3 Å². The van der Waals surface area contributed by atoms with E-state index in [0.29, 0.717) is 55.5 Å². The van der Waals surface area contributed by atoms with E-state index < -0.39 is 0 Å². The van der Waals surface area contributed by atoms with Crippen LogP contribution in [0.25, 0.3) is 0 Å². The van der Waals surface area contributed by atoms with E-state index in [4.69, 9.17) is 11.6 Å². The van der Waals surface area contributed by atoms with Crippen LogP contribution in [0.2, 0.25) is 5.02 Å². The summed E-state index contributed by atoms with van der Waals surface area (Å²) in [5.41, 5.74) is 1.70. The Morgan fingerprint density at radius 3 is 2.52 bits per heavy atom. The molecule has 1 aliphatic rings. The number of carbonyl (C=O) groups is 1. The molecule has 174 valence electrons. The minimum Gasteiger partial charge on any atom is -0.339 e. The number of hydrogen-bond donors (Lipinski definition) is 0. The van der Waals surface area contributed by atoms with E-state index in [9.17, 15) is 9.18 Å². The van der Waals surface area contributed by atoms with Crippen molar-refractivity contribution in [3.63, 3.8) is 0 Å². The molecule has 2 aromatic carbocycles. The maximum absolute atomic E-state index is 14.1. The number of nitrogens with zero attached hydrogens (tertiary/aromatic N) is 5. The van der Waals surface area contributed by atoms with Gasteiger partial charge in [-0.1, -0.05) is 59.8 Å². The van der Waals surface area contributed by atoms with Crippen LogP contribution in [0.5, 0.6) is 0 Å². The topological polar surface area (TPSA) is 54.3 Å². The van der Waals surface area contributed by atoms with Crippen LogP contribution >= 0.6 is 23.4 Å². The van der Waals surface area contributed by atoms with Crippen molar-refractivity contribution in [2.24, 2.45) is 0 Å². The first-order chi connectivity index (χ1) is 16.0. The van der Waals surface area contributed by atoms with Gasteiger partial charge < -0.3 is 9.47 Å². The molecule has 1 amide bonds. The number of amides is 1. The van der Waals surface area contributed by atoms with Gasteiger partial charge in [-0.05, 0) is 24.6 Å². The van der Waals surface area contributed by atoms with Crippen molar-refractivity contribution >= 4 is 29.3 Å². The molecule has 0 saturated carbocycles. The summed E-state index contributed by atoms with van der Waals surface area (Å²) in [7, 11) is 0. The van der Waals surface area contributed by atoms with E-state index in [0.717, 1.165) is 17.5 Å². The van der Waals surface area contributed by atoms with E-state index in [2.05, 4.69) is 38.7 Å². The Morgan fingerprint density at radius 1 is 1.06 bits per heavy atom. The summed E-state index contributed by atoms with van der Waals surface area (Å²) >= 11 is 7.58. The van der Waals surface area contributed by atoms with Gasteiger partial charge in [0, 0.05) is 56.3 Å². The lowest BCUT2D eigenvalue weighted by Crippen LogP contribution is -2.48. The molecule has 0 unspecified atom stereocenters. The predicted molar refractivity (Wildman–Crippen MR) is 129 cm³/mol. The number of carbonyl (C=O) groups excluding carboxylic acids is 1. The fraction of sp³-hybridized carbons (Fsp3) is 0.375. The highest BCUT2D eigenvalue weighted by molar-refractivity contribution is 7.99. The molecule has 0 atom stereocenters. The summed E-state index contributed by atoms with van der Waals surface area (Å²) in [5, 5.41) is 9.89. The van der Waals surface area contributed by atoms with Crippen LogP contribution in [0.15, 0.2) is 53.7 Å². The second-order valence-corrected chi connectivity index (χ2v) is 9.30. The van der Waals surface area contributed by atoms with Crippen LogP contribution in [0.3, 0.4) is 0 Å². The predicted octanol–water partition coefficient (Wildman–Crippen LogP) is 4.12. The van der Waals surface area contributed by atoms with Crippen LogP contribution in [0, 0.1) is 5.82 Å². The SMILES string of the molecule is CCn1c(Cc2ccccc2)nnc1SCC(=O)N1CCN(Cc2c(F)cccc2Cl)CC1. The van der Waals surface area contributed by atoms with E-state index in [-0.39, 0.29) is 11.7 Å². The Labute approximate surface area is 202 Å². The third kappa shape index (κ3) is 5.93. The highest BCUT2D eigenvalue weighted by Crippen LogP contribution is 2.22. The van der Waals surface area contributed by atoms with Crippen molar-refractivity contribution in [3.8, 4) is 0 Å². The summed E-state index contributed by atoms with van der Waals surface area (Å²) in [5.74, 6) is 1.02. The van der Waals surface area contributed by atoms with Crippen molar-refractivity contribution in [1.82, 2.24) is 24.6 Å². The van der Waals surface area contributed by atoms with Gasteiger partial charge in [-0.3, -0.25) is 9.69 Å². The molecule has 0 spiro atoms. The Kier molecular flexibility index (Phi) is 8.01. The molecule has 0 radical (unpaired) electrons. The van der Waals surface area contributed by atoms with Gasteiger partial charge in [-0.15, -0.1) is 10.2 Å². The van der Waals surface area contributed by atoms with Gasteiger partial charge in [0.15, 0.2) is 5.16 Å². The first-order valence-electron chi connectivity index (χ1n) is 11.1. The second-order valence-electron chi connectivity index (χ2n) is 7.95. The highest BCUT2D eigenvalue weighted by atomic mass is 35.5. The molecule has 0 aliphatic carbocycles. The lowest BCUT2D eigenvalue weighted by atomic mass is 10.1. The Morgan fingerprint density at radius 2 is 1.82 bits per heavy atom. The van der Waals surface area contributed by atoms with Crippen LogP contribution in [-0.4, -0.2) is 62.4 Å². The summed E-state index contributed by atoms with van der Waals surface area (Å²) in [6, 6.07) is 14.9. The van der Waals surface area contributed by atoms with Gasteiger partial charge in [0.05, 0.1) is 5.75 Å². The maximum Gasteiger partial charge on any atom is 0.233 e. The molecule has 33 heavy (non-hydrogen) atoms. The van der Waals surface area contributed by atoms with Gasteiger partial charge in [0.1, 0.15) is 11.6 Å². The van der Waals surface area contributed by atoms with Crippen molar-refractivity contribution < 1.29 is 9.18 Å². The van der Waals surface area contributed by atoms with Crippen molar-refractivity contribution in [2.45, 2.75) is 31.6 Å². The lowest BCUT2D eigenvalue weighted by molar-refractivity contribution is -0.130. The van der Waals surface area contributed by atoms with E-state index in [1.165, 1.54) is 23.4 Å². The second kappa shape index (κ2) is 11.1. The zero-order valence-electron chi connectivity index (χ0n) is 18.6. The minimum atomic E-state index is -0.288. The summed E-state index contributed by atoms with van der Waals surface area (Å²) in [4.78, 5) is 16.8. The molecule has 6 nitrogen and oxygen atoms in total. The fourth-order valence-corrected chi connectivity index (χ4v) is 5.08. The Hall–Kier alpha value is -2.42. The van der Waals surface area contributed by atoms with Crippen LogP contribution < -0.4 is 0 Å². The first-order valence-corrected chi connectivity index (χ1v) is 12.4. The number of rotatable bonds is 8. The molecule has 1 aliphatic heterocycles. The molecular weight excluding hydrogens is 461 g/mol. The fourth-order valence-electron chi connectivity index (χ4n) is 3.93. The number of thioether (sulfide) groups is 1. The zero-order chi connectivity index (χ0) is 23.2. The molecule has 0 N–H and O–H groups in total. The largest absolute Gasteiger partial charge is 0.339 e. The molecule has 3 aromatic rings. The van der Waals surface area contributed by atoms with E-state index >= 15 is 0 Å². The summed E-state index contributed by atoms with van der Waals surface area (Å²) in [6.07, 6.45) is 0.712. The zero-order valence-corrected chi connectivity index (χ0v) is 20.2. The molecule has 0 bridgehead atoms. The third-order valence-corrected chi connectivity index (χ3v) is 7.11. The Balaban J connectivity index is 1.28. The van der Waals surface area contributed by atoms with Crippen molar-refractivity contribution in [3.05, 3.63) is 76.3 Å². The van der Waals surface area contributed by atoms with Gasteiger partial charge in [0.25, 0.3) is 0 Å². The normalized spacial score (nSPS) is 14.6. The molecule has 9 heteroatoms. The number of piperazine rings is 1. The van der Waals surface area contributed by atoms with Crippen LogP contribution in [0.1, 0.15) is 23.9 Å². The average Bonchev–Trinajstić information content (AvgIpc) is 3.22. The lowest BCUT2D eigenvalue weighted by Gasteiger charge is -2.34. The number of hydrogen-bond acceptors (Lipinski definition) is 5. The third-order valence-electron chi connectivity index (χ3n) is 5.81. The highest BCUT2D eigenvalue weighted by Gasteiger charge is 2.23. The molecule has 1 saturated heterocycles. The first kappa shape index (κ1) is 23.7. The van der Waals surface area contributed by atoms with Crippen LogP contribution in [0.4, 0.5) is 4.39 Å². The van der Waals surface area contributed by atoms with Crippen molar-refractivity contribution in [1.29, 1.82) is 0 Å². The number of aromatic nitrogens is 3. The molecular formula is C24H27ClFN5OS. The van der Waals surface area contributed by atoms with E-state index in [1.807, 2.05) is 23.1 Å². The molecule has 4 rings (SSSR count). The van der Waals surface area contributed by atoms with Gasteiger partial charge in [-0.2, -0.15) is 0 Å². The minimum absolute atomic E-state index is 0.0823. The number of halogens is 2. The standard InChI is InChI=1S/C24H27ClFN5OS/c1-2-31-22(15-18-7-4-3-5-8-18)27-28-24(31)33-17-23(32)30-13-11-29(12-14-30)16-19-20(25)9-6-10-21(19)26/h3-10H,2,11-17H2,1H3. The molecule has 1 aromatic heterocycles. The summed E-state index contributed by atoms with van der Waals surface area (Å²) < 4.78 is 16.1. The van der Waals surface area contributed by atoms with Crippen molar-refractivity contribution in [2.75, 3.05) is 31.9 Å². The maximum atomic E-state index is 14.1. The smallest absolute Gasteiger partial charge is 0.233 e. The van der Waals surface area contributed by atoms with Gasteiger partial charge >= 0.3 is 0 Å². The van der Waals surface area contributed by atoms with Gasteiger partial charge in [0.2, 0.25) is 5.91 Å². The molecule has 1 fully saturated rings.